The van der Waals surface area contributed by atoms with Gasteiger partial charge in [-0.15, -0.1) is 11.6 Å². The van der Waals surface area contributed by atoms with E-state index in [-0.39, 0.29) is 5.75 Å². The topological polar surface area (TPSA) is 51.8 Å². The molecule has 5 rings (SSSR count). The van der Waals surface area contributed by atoms with E-state index in [2.05, 4.69) is 9.97 Å². The van der Waals surface area contributed by atoms with Gasteiger partial charge in [0.05, 0.1) is 0 Å². The summed E-state index contributed by atoms with van der Waals surface area (Å²) in [6.07, 6.45) is 3.87. The number of phenols is 1. The molecule has 0 radical (unpaired) electrons. The Bertz CT molecular complexity index is 1190. The van der Waals surface area contributed by atoms with Crippen LogP contribution in [0.15, 0.2) is 85.2 Å². The van der Waals surface area contributed by atoms with Crippen molar-refractivity contribution in [1.82, 2.24) is 9.97 Å². The highest BCUT2D eigenvalue weighted by atomic mass is 35.5. The number of aromatic hydroxyl groups is 1. The Kier molecular flexibility index (Phi) is 3.52. The molecule has 0 spiro atoms. The second kappa shape index (κ2) is 5.93. The van der Waals surface area contributed by atoms with Crippen molar-refractivity contribution >= 4 is 33.4 Å². The zero-order chi connectivity index (χ0) is 18.4. The molecule has 0 aliphatic rings. The van der Waals surface area contributed by atoms with E-state index >= 15 is 0 Å². The molecule has 0 bridgehead atoms. The SMILES string of the molecule is Oc1ccccc1C(Cl)(c1c[nH]c2ccccc12)c1c[nH]c2ccccc12. The average Bonchev–Trinajstić information content (AvgIpc) is 3.33. The van der Waals surface area contributed by atoms with Crippen LogP contribution in [0.4, 0.5) is 0 Å². The molecule has 0 amide bonds. The molecule has 3 N–H and O–H groups in total. The van der Waals surface area contributed by atoms with Gasteiger partial charge in [-0.2, -0.15) is 0 Å². The molecule has 0 aliphatic heterocycles. The summed E-state index contributed by atoms with van der Waals surface area (Å²) in [6, 6.07) is 23.4. The monoisotopic (exact) mass is 372 g/mol. The van der Waals surface area contributed by atoms with Crippen LogP contribution in [-0.2, 0) is 4.87 Å². The van der Waals surface area contributed by atoms with Gasteiger partial charge in [0.25, 0.3) is 0 Å². The van der Waals surface area contributed by atoms with Crippen molar-refractivity contribution in [3.05, 3.63) is 102 Å². The highest BCUT2D eigenvalue weighted by molar-refractivity contribution is 6.30. The van der Waals surface area contributed by atoms with Crippen LogP contribution in [0.2, 0.25) is 0 Å². The second-order valence-electron chi connectivity index (χ2n) is 6.67. The lowest BCUT2D eigenvalue weighted by atomic mass is 9.83. The Balaban J connectivity index is 1.90. The lowest BCUT2D eigenvalue weighted by molar-refractivity contribution is 0.465. The summed E-state index contributed by atoms with van der Waals surface area (Å²) < 4.78 is 0. The molecule has 3 nitrogen and oxygen atoms in total. The smallest absolute Gasteiger partial charge is 0.127 e. The van der Waals surface area contributed by atoms with Crippen LogP contribution in [0.3, 0.4) is 0 Å². The van der Waals surface area contributed by atoms with Gasteiger partial charge in [0.1, 0.15) is 10.6 Å². The highest BCUT2D eigenvalue weighted by Gasteiger charge is 2.40. The van der Waals surface area contributed by atoms with Gasteiger partial charge in [-0.05, 0) is 18.2 Å². The zero-order valence-electron chi connectivity index (χ0n) is 14.4. The Morgan fingerprint density at radius 2 is 1.11 bits per heavy atom. The van der Waals surface area contributed by atoms with E-state index in [1.165, 1.54) is 0 Å². The standard InChI is InChI=1S/C23H17ClN2O/c24-23(17-9-3-6-12-22(17)27,18-13-25-20-10-4-1-7-15(18)20)19-14-26-21-11-5-2-8-16(19)21/h1-14,25-27H. The minimum atomic E-state index is -1.05. The molecular weight excluding hydrogens is 356 g/mol. The number of halogens is 1. The quantitative estimate of drug-likeness (QED) is 0.340. The number of aromatic amines is 2. The summed E-state index contributed by atoms with van der Waals surface area (Å²) in [5, 5.41) is 12.7. The van der Waals surface area contributed by atoms with Gasteiger partial charge >= 0.3 is 0 Å². The molecule has 132 valence electrons. The Labute approximate surface area is 161 Å². The summed E-state index contributed by atoms with van der Waals surface area (Å²) in [5.41, 5.74) is 4.48. The highest BCUT2D eigenvalue weighted by Crippen LogP contribution is 2.50. The third-order valence-corrected chi connectivity index (χ3v) is 5.81. The van der Waals surface area contributed by atoms with Crippen molar-refractivity contribution < 1.29 is 5.11 Å². The predicted octanol–water partition coefficient (Wildman–Crippen LogP) is 5.89. The van der Waals surface area contributed by atoms with Crippen LogP contribution in [0.1, 0.15) is 16.7 Å². The van der Waals surface area contributed by atoms with Crippen molar-refractivity contribution in [1.29, 1.82) is 0 Å². The van der Waals surface area contributed by atoms with Crippen molar-refractivity contribution in [3.63, 3.8) is 0 Å². The fourth-order valence-electron chi connectivity index (χ4n) is 3.91. The van der Waals surface area contributed by atoms with Gasteiger partial charge < -0.3 is 15.1 Å². The lowest BCUT2D eigenvalue weighted by Gasteiger charge is -2.28. The molecule has 5 aromatic rings. The number of aromatic nitrogens is 2. The van der Waals surface area contributed by atoms with Crippen molar-refractivity contribution in [2.45, 2.75) is 4.87 Å². The van der Waals surface area contributed by atoms with E-state index < -0.39 is 4.87 Å². The van der Waals surface area contributed by atoms with Crippen LogP contribution in [0, 0.1) is 0 Å². The van der Waals surface area contributed by atoms with E-state index in [0.29, 0.717) is 5.56 Å². The van der Waals surface area contributed by atoms with Crippen molar-refractivity contribution in [3.8, 4) is 5.75 Å². The normalized spacial score (nSPS) is 12.0. The Hall–Kier alpha value is -3.17. The van der Waals surface area contributed by atoms with Gasteiger partial charge in [0.15, 0.2) is 0 Å². The molecule has 0 saturated carbocycles. The molecule has 2 aromatic heterocycles. The summed E-state index contributed by atoms with van der Waals surface area (Å²) in [6.45, 7) is 0. The molecule has 2 heterocycles. The third-order valence-electron chi connectivity index (χ3n) is 5.20. The zero-order valence-corrected chi connectivity index (χ0v) is 15.2. The van der Waals surface area contributed by atoms with Crippen LogP contribution in [-0.4, -0.2) is 15.1 Å². The number of fused-ring (bicyclic) bond motifs is 2. The van der Waals surface area contributed by atoms with Gasteiger partial charge in [0.2, 0.25) is 0 Å². The molecule has 0 atom stereocenters. The largest absolute Gasteiger partial charge is 0.508 e. The predicted molar refractivity (Wildman–Crippen MR) is 110 cm³/mol. The molecule has 0 saturated heterocycles. The number of rotatable bonds is 3. The minimum absolute atomic E-state index is 0.170. The summed E-state index contributed by atoms with van der Waals surface area (Å²) in [4.78, 5) is 5.58. The Morgan fingerprint density at radius 1 is 0.630 bits per heavy atom. The molecule has 0 unspecified atom stereocenters. The van der Waals surface area contributed by atoms with E-state index in [1.807, 2.05) is 73.1 Å². The maximum Gasteiger partial charge on any atom is 0.127 e. The van der Waals surface area contributed by atoms with Crippen LogP contribution < -0.4 is 0 Å². The summed E-state index contributed by atoms with van der Waals surface area (Å²) >= 11 is 7.46. The number of nitrogens with one attached hydrogen (secondary N) is 2. The van der Waals surface area contributed by atoms with E-state index in [9.17, 15) is 5.11 Å². The number of benzene rings is 3. The molecule has 0 fully saturated rings. The number of hydrogen-bond acceptors (Lipinski definition) is 1. The van der Waals surface area contributed by atoms with E-state index in [1.54, 1.807) is 12.1 Å². The minimum Gasteiger partial charge on any atom is -0.508 e. The first-order valence-electron chi connectivity index (χ1n) is 8.80. The maximum atomic E-state index is 10.7. The van der Waals surface area contributed by atoms with E-state index in [4.69, 9.17) is 11.6 Å². The number of hydrogen-bond donors (Lipinski definition) is 3. The number of H-pyrrole nitrogens is 2. The average molecular weight is 373 g/mol. The molecule has 0 aliphatic carbocycles. The van der Waals surface area contributed by atoms with Gasteiger partial charge in [-0.25, -0.2) is 0 Å². The molecular formula is C23H17ClN2O. The number of para-hydroxylation sites is 3. The van der Waals surface area contributed by atoms with Gasteiger partial charge in [-0.1, -0.05) is 54.6 Å². The first-order chi connectivity index (χ1) is 13.2. The van der Waals surface area contributed by atoms with Gasteiger partial charge in [-0.3, -0.25) is 0 Å². The molecule has 3 aromatic carbocycles. The number of phenolic OH excluding ortho intramolecular Hbond substituents is 1. The fraction of sp³-hybridized carbons (Fsp3) is 0.0435. The fourth-order valence-corrected chi connectivity index (χ4v) is 4.39. The van der Waals surface area contributed by atoms with Crippen LogP contribution in [0.5, 0.6) is 5.75 Å². The first-order valence-corrected chi connectivity index (χ1v) is 9.18. The van der Waals surface area contributed by atoms with Crippen LogP contribution >= 0.6 is 11.6 Å². The maximum absolute atomic E-state index is 10.7. The molecule has 27 heavy (non-hydrogen) atoms. The summed E-state index contributed by atoms with van der Waals surface area (Å²) in [5.74, 6) is 0.170. The van der Waals surface area contributed by atoms with E-state index in [0.717, 1.165) is 32.9 Å². The van der Waals surface area contributed by atoms with Crippen LogP contribution in [0.25, 0.3) is 21.8 Å². The lowest BCUT2D eigenvalue weighted by Crippen LogP contribution is -2.22. The van der Waals surface area contributed by atoms with Crippen molar-refractivity contribution in [2.75, 3.05) is 0 Å². The first kappa shape index (κ1) is 16.0. The van der Waals surface area contributed by atoms with Crippen molar-refractivity contribution in [2.24, 2.45) is 0 Å². The summed E-state index contributed by atoms with van der Waals surface area (Å²) in [7, 11) is 0. The van der Waals surface area contributed by atoms with Gasteiger partial charge in [0, 0.05) is 50.9 Å². The number of alkyl halides is 1. The Morgan fingerprint density at radius 3 is 1.67 bits per heavy atom. The molecule has 4 heteroatoms. The third kappa shape index (κ3) is 2.29. The second-order valence-corrected chi connectivity index (χ2v) is 7.24.